The van der Waals surface area contributed by atoms with Crippen LogP contribution in [0.25, 0.3) is 0 Å². The summed E-state index contributed by atoms with van der Waals surface area (Å²) in [4.78, 5) is 3.35. The van der Waals surface area contributed by atoms with Gasteiger partial charge in [-0.25, -0.2) is 13.4 Å². The highest BCUT2D eigenvalue weighted by atomic mass is 32.2. The van der Waals surface area contributed by atoms with Gasteiger partial charge in [0.1, 0.15) is 0 Å². The van der Waals surface area contributed by atoms with Gasteiger partial charge in [0.2, 0.25) is 16.0 Å². The van der Waals surface area contributed by atoms with Crippen molar-refractivity contribution in [2.75, 3.05) is 10.5 Å². The smallest absolute Gasteiger partial charge is 0.233 e. The fourth-order valence-electron chi connectivity index (χ4n) is 1.10. The van der Waals surface area contributed by atoms with E-state index in [4.69, 9.17) is 0 Å². The Hall–Kier alpha value is -1.17. The van der Waals surface area contributed by atoms with Gasteiger partial charge in [0.05, 0.1) is 17.6 Å². The van der Waals surface area contributed by atoms with Crippen molar-refractivity contribution in [3.05, 3.63) is 24.3 Å². The zero-order chi connectivity index (χ0) is 11.5. The molecule has 0 aliphatic carbocycles. The number of hydrogen-bond donors (Lipinski definition) is 1. The van der Waals surface area contributed by atoms with Gasteiger partial charge < -0.3 is 0 Å². The van der Waals surface area contributed by atoms with Crippen molar-refractivity contribution in [2.24, 2.45) is 5.92 Å². The van der Waals surface area contributed by atoms with E-state index in [1.807, 2.05) is 13.8 Å². The number of anilines is 1. The van der Waals surface area contributed by atoms with Crippen LogP contribution in [0, 0.1) is 11.9 Å². The number of sulfonamides is 1. The first-order valence-corrected chi connectivity index (χ1v) is 6.16. The number of pyridine rings is 1. The maximum atomic E-state index is 12.4. The van der Waals surface area contributed by atoms with Gasteiger partial charge in [0, 0.05) is 0 Å². The van der Waals surface area contributed by atoms with Crippen molar-refractivity contribution in [3.63, 3.8) is 0 Å². The Morgan fingerprint density at radius 3 is 2.60 bits per heavy atom. The fourth-order valence-corrected chi connectivity index (χ4v) is 2.54. The topological polar surface area (TPSA) is 59.1 Å². The Bertz CT molecular complexity index is 414. The molecule has 0 bridgehead atoms. The molecule has 0 atom stereocenters. The minimum absolute atomic E-state index is 0.0321. The maximum Gasteiger partial charge on any atom is 0.233 e. The predicted octanol–water partition coefficient (Wildman–Crippen LogP) is 1.62. The second kappa shape index (κ2) is 4.57. The van der Waals surface area contributed by atoms with Gasteiger partial charge in [-0.1, -0.05) is 13.8 Å². The van der Waals surface area contributed by atoms with Gasteiger partial charge in [-0.2, -0.15) is 4.39 Å². The fraction of sp³-hybridized carbons (Fsp3) is 0.444. The van der Waals surface area contributed by atoms with E-state index in [0.717, 1.165) is 12.3 Å². The molecule has 1 N–H and O–H groups in total. The summed E-state index contributed by atoms with van der Waals surface area (Å²) in [5.74, 6) is -0.567. The number of halogens is 1. The first kappa shape index (κ1) is 11.9. The molecule has 1 heterocycles. The molecule has 0 unspecified atom stereocenters. The zero-order valence-corrected chi connectivity index (χ0v) is 9.38. The summed E-state index contributed by atoms with van der Waals surface area (Å²) in [5.41, 5.74) is 0.275. The molecule has 0 radical (unpaired) electrons. The highest BCUT2D eigenvalue weighted by Crippen LogP contribution is 2.09. The number of nitrogens with one attached hydrogen (secondary N) is 1. The Kier molecular flexibility index (Phi) is 3.62. The Labute approximate surface area is 88.6 Å². The highest BCUT2D eigenvalue weighted by molar-refractivity contribution is 7.92. The Balaban J connectivity index is 2.73. The predicted molar refractivity (Wildman–Crippen MR) is 56.4 cm³/mol. The van der Waals surface area contributed by atoms with Gasteiger partial charge >= 0.3 is 0 Å². The van der Waals surface area contributed by atoms with E-state index in [2.05, 4.69) is 9.71 Å². The molecule has 0 saturated carbocycles. The lowest BCUT2D eigenvalue weighted by Crippen LogP contribution is -2.20. The molecular formula is C9H13FN2O2S. The van der Waals surface area contributed by atoms with Crippen LogP contribution >= 0.6 is 0 Å². The third kappa shape index (κ3) is 4.24. The lowest BCUT2D eigenvalue weighted by Gasteiger charge is -2.09. The molecule has 6 heteroatoms. The van der Waals surface area contributed by atoms with Crippen LogP contribution in [0.3, 0.4) is 0 Å². The molecule has 0 spiro atoms. The van der Waals surface area contributed by atoms with Crippen LogP contribution in [-0.2, 0) is 10.0 Å². The van der Waals surface area contributed by atoms with Crippen LogP contribution in [0.1, 0.15) is 13.8 Å². The highest BCUT2D eigenvalue weighted by Gasteiger charge is 2.12. The molecule has 15 heavy (non-hydrogen) atoms. The van der Waals surface area contributed by atoms with Crippen LogP contribution in [-0.4, -0.2) is 19.2 Å². The number of rotatable bonds is 4. The Morgan fingerprint density at radius 2 is 2.13 bits per heavy atom. The van der Waals surface area contributed by atoms with Crippen LogP contribution in [0.2, 0.25) is 0 Å². The number of aromatic nitrogens is 1. The first-order chi connectivity index (χ1) is 6.89. The molecule has 0 aromatic carbocycles. The van der Waals surface area contributed by atoms with E-state index in [1.165, 1.54) is 6.07 Å². The quantitative estimate of drug-likeness (QED) is 0.802. The summed E-state index contributed by atoms with van der Waals surface area (Å²) in [7, 11) is -3.36. The second-order valence-electron chi connectivity index (χ2n) is 3.65. The SMILES string of the molecule is CC(C)CS(=O)(=O)Nc1ccc(F)nc1. The van der Waals surface area contributed by atoms with Crippen LogP contribution in [0.5, 0.6) is 0 Å². The van der Waals surface area contributed by atoms with E-state index >= 15 is 0 Å². The average molecular weight is 232 g/mol. The molecule has 0 fully saturated rings. The normalized spacial score (nSPS) is 11.7. The van der Waals surface area contributed by atoms with Gasteiger partial charge in [-0.15, -0.1) is 0 Å². The summed E-state index contributed by atoms with van der Waals surface area (Å²) < 4.78 is 37.7. The molecule has 1 rings (SSSR count). The summed E-state index contributed by atoms with van der Waals surface area (Å²) in [6, 6.07) is 2.44. The van der Waals surface area contributed by atoms with E-state index in [-0.39, 0.29) is 17.4 Å². The molecule has 0 amide bonds. The standard InChI is InChI=1S/C9H13FN2O2S/c1-7(2)6-15(13,14)12-8-3-4-9(10)11-5-8/h3-5,7,12H,6H2,1-2H3. The van der Waals surface area contributed by atoms with Crippen molar-refractivity contribution in [3.8, 4) is 0 Å². The second-order valence-corrected chi connectivity index (χ2v) is 5.41. The lowest BCUT2D eigenvalue weighted by atomic mass is 10.3. The Morgan fingerprint density at radius 1 is 1.47 bits per heavy atom. The van der Waals surface area contributed by atoms with Gasteiger partial charge in [-0.05, 0) is 18.1 Å². The van der Waals surface area contributed by atoms with E-state index in [0.29, 0.717) is 0 Å². The van der Waals surface area contributed by atoms with Gasteiger partial charge in [-0.3, -0.25) is 4.72 Å². The van der Waals surface area contributed by atoms with Crippen molar-refractivity contribution in [1.29, 1.82) is 0 Å². The third-order valence-corrected chi connectivity index (χ3v) is 3.21. The molecular weight excluding hydrogens is 219 g/mol. The summed E-state index contributed by atoms with van der Waals surface area (Å²) in [5, 5.41) is 0. The van der Waals surface area contributed by atoms with Crippen molar-refractivity contribution in [1.82, 2.24) is 4.98 Å². The molecule has 1 aromatic rings. The maximum absolute atomic E-state index is 12.4. The number of hydrogen-bond acceptors (Lipinski definition) is 3. The van der Waals surface area contributed by atoms with Crippen LogP contribution in [0.4, 0.5) is 10.1 Å². The van der Waals surface area contributed by atoms with Gasteiger partial charge in [0.15, 0.2) is 0 Å². The monoisotopic (exact) mass is 232 g/mol. The molecule has 0 aliphatic rings. The van der Waals surface area contributed by atoms with Gasteiger partial charge in [0.25, 0.3) is 0 Å². The van der Waals surface area contributed by atoms with Crippen LogP contribution < -0.4 is 4.72 Å². The molecule has 84 valence electrons. The lowest BCUT2D eigenvalue weighted by molar-refractivity contribution is 0.582. The molecule has 0 saturated heterocycles. The number of nitrogens with zero attached hydrogens (tertiary/aromatic N) is 1. The minimum Gasteiger partial charge on any atom is -0.282 e. The first-order valence-electron chi connectivity index (χ1n) is 4.51. The minimum atomic E-state index is -3.36. The molecule has 1 aromatic heterocycles. The van der Waals surface area contributed by atoms with E-state index in [1.54, 1.807) is 0 Å². The zero-order valence-electron chi connectivity index (χ0n) is 8.57. The summed E-state index contributed by atoms with van der Waals surface area (Å²) in [6.07, 6.45) is 1.15. The third-order valence-electron chi connectivity index (χ3n) is 1.55. The molecule has 4 nitrogen and oxygen atoms in total. The van der Waals surface area contributed by atoms with E-state index in [9.17, 15) is 12.8 Å². The largest absolute Gasteiger partial charge is 0.282 e. The van der Waals surface area contributed by atoms with Crippen molar-refractivity contribution >= 4 is 15.7 Å². The van der Waals surface area contributed by atoms with Crippen molar-refractivity contribution < 1.29 is 12.8 Å². The van der Waals surface area contributed by atoms with E-state index < -0.39 is 16.0 Å². The van der Waals surface area contributed by atoms with Crippen molar-refractivity contribution in [2.45, 2.75) is 13.8 Å². The average Bonchev–Trinajstić information content (AvgIpc) is 2.06. The molecule has 0 aliphatic heterocycles. The summed E-state index contributed by atoms with van der Waals surface area (Å²) in [6.45, 7) is 3.62. The summed E-state index contributed by atoms with van der Waals surface area (Å²) >= 11 is 0. The van der Waals surface area contributed by atoms with Crippen LogP contribution in [0.15, 0.2) is 18.3 Å².